The Labute approximate surface area is 203 Å². The molecule has 3 aromatic heterocycles. The molecule has 1 fully saturated rings. The van der Waals surface area contributed by atoms with Crippen LogP contribution in [-0.2, 0) is 16.0 Å². The summed E-state index contributed by atoms with van der Waals surface area (Å²) in [5.74, 6) is 1.69. The molecule has 0 atom stereocenters. The Hall–Kier alpha value is -3.98. The monoisotopic (exact) mass is 469 g/mol. The van der Waals surface area contributed by atoms with Gasteiger partial charge in [0.1, 0.15) is 11.3 Å². The molecule has 1 aromatic carbocycles. The third-order valence-electron chi connectivity index (χ3n) is 6.04. The van der Waals surface area contributed by atoms with Crippen molar-refractivity contribution in [2.45, 2.75) is 20.3 Å². The summed E-state index contributed by atoms with van der Waals surface area (Å²) in [5.41, 5.74) is 10.7. The van der Waals surface area contributed by atoms with Crippen molar-refractivity contribution in [1.29, 1.82) is 0 Å². The first-order valence-electron chi connectivity index (χ1n) is 11.7. The predicted molar refractivity (Wildman–Crippen MR) is 135 cm³/mol. The number of pyridine rings is 1. The van der Waals surface area contributed by atoms with Gasteiger partial charge in [0.05, 0.1) is 24.3 Å². The van der Waals surface area contributed by atoms with Gasteiger partial charge in [0, 0.05) is 49.6 Å². The number of morpholine rings is 1. The molecule has 0 spiro atoms. The summed E-state index contributed by atoms with van der Waals surface area (Å²) < 4.78 is 5.53. The number of fused-ring (bicyclic) bond motifs is 1. The summed E-state index contributed by atoms with van der Waals surface area (Å²) in [6.45, 7) is 6.56. The van der Waals surface area contributed by atoms with E-state index in [1.165, 1.54) is 0 Å². The van der Waals surface area contributed by atoms with Crippen molar-refractivity contribution in [2.24, 2.45) is 5.92 Å². The Morgan fingerprint density at radius 1 is 1.00 bits per heavy atom. The van der Waals surface area contributed by atoms with Crippen LogP contribution >= 0.6 is 0 Å². The van der Waals surface area contributed by atoms with Crippen LogP contribution in [0, 0.1) is 5.92 Å². The SMILES string of the molecule is CC(C)C(=O)Cc1cccc(-c2cnc3c(N4CCOCC4)nc(-c4cnc(N)nc4)nc3c2)c1. The van der Waals surface area contributed by atoms with Gasteiger partial charge < -0.3 is 15.4 Å². The van der Waals surface area contributed by atoms with Crippen molar-refractivity contribution in [3.8, 4) is 22.5 Å². The molecule has 4 heterocycles. The molecule has 0 saturated carbocycles. The van der Waals surface area contributed by atoms with Crippen molar-refractivity contribution in [2.75, 3.05) is 36.9 Å². The van der Waals surface area contributed by atoms with E-state index in [0.717, 1.165) is 46.6 Å². The molecule has 0 unspecified atom stereocenters. The fourth-order valence-electron chi connectivity index (χ4n) is 4.01. The number of rotatable bonds is 6. The smallest absolute Gasteiger partial charge is 0.219 e. The van der Waals surface area contributed by atoms with Crippen molar-refractivity contribution in [3.05, 3.63) is 54.5 Å². The number of hydrogen-bond donors (Lipinski definition) is 1. The molecule has 1 aliphatic rings. The highest BCUT2D eigenvalue weighted by Crippen LogP contribution is 2.30. The van der Waals surface area contributed by atoms with Gasteiger partial charge in [-0.05, 0) is 17.2 Å². The second-order valence-electron chi connectivity index (χ2n) is 8.89. The lowest BCUT2D eigenvalue weighted by Crippen LogP contribution is -2.37. The number of carbonyl (C=O) groups excluding carboxylic acids is 1. The zero-order valence-electron chi connectivity index (χ0n) is 19.8. The maximum Gasteiger partial charge on any atom is 0.219 e. The van der Waals surface area contributed by atoms with E-state index in [1.807, 2.05) is 50.4 Å². The topological polar surface area (TPSA) is 120 Å². The first-order chi connectivity index (χ1) is 17.0. The van der Waals surface area contributed by atoms with Gasteiger partial charge in [-0.2, -0.15) is 0 Å². The van der Waals surface area contributed by atoms with Crippen LogP contribution in [0.1, 0.15) is 19.4 Å². The van der Waals surface area contributed by atoms with Crippen LogP contribution in [0.5, 0.6) is 0 Å². The first-order valence-corrected chi connectivity index (χ1v) is 11.7. The second kappa shape index (κ2) is 9.71. The van der Waals surface area contributed by atoms with E-state index >= 15 is 0 Å². The minimum atomic E-state index is 0.00652. The number of benzene rings is 1. The Bertz CT molecular complexity index is 1370. The molecular weight excluding hydrogens is 442 g/mol. The van der Waals surface area contributed by atoms with Crippen molar-refractivity contribution < 1.29 is 9.53 Å². The molecule has 9 nitrogen and oxygen atoms in total. The van der Waals surface area contributed by atoms with Crippen molar-refractivity contribution in [3.63, 3.8) is 0 Å². The quantitative estimate of drug-likeness (QED) is 0.453. The van der Waals surface area contributed by atoms with Crippen LogP contribution in [0.3, 0.4) is 0 Å². The van der Waals surface area contributed by atoms with Gasteiger partial charge in [-0.15, -0.1) is 0 Å². The van der Waals surface area contributed by atoms with Gasteiger partial charge in [0.15, 0.2) is 11.6 Å². The number of hydrogen-bond acceptors (Lipinski definition) is 9. The van der Waals surface area contributed by atoms with Crippen LogP contribution in [0.25, 0.3) is 33.5 Å². The van der Waals surface area contributed by atoms with E-state index in [0.29, 0.717) is 31.0 Å². The summed E-state index contributed by atoms with van der Waals surface area (Å²) in [7, 11) is 0. The minimum absolute atomic E-state index is 0.00652. The van der Waals surface area contributed by atoms with Crippen LogP contribution in [0.4, 0.5) is 11.8 Å². The highest BCUT2D eigenvalue weighted by atomic mass is 16.5. The van der Waals surface area contributed by atoms with Crippen LogP contribution in [0.2, 0.25) is 0 Å². The largest absolute Gasteiger partial charge is 0.378 e. The van der Waals surface area contributed by atoms with E-state index in [1.54, 1.807) is 12.4 Å². The summed E-state index contributed by atoms with van der Waals surface area (Å²) in [6.07, 6.45) is 5.50. The maximum absolute atomic E-state index is 12.3. The molecule has 1 saturated heterocycles. The lowest BCUT2D eigenvalue weighted by Gasteiger charge is -2.28. The van der Waals surface area contributed by atoms with Gasteiger partial charge in [-0.25, -0.2) is 19.9 Å². The molecule has 35 heavy (non-hydrogen) atoms. The van der Waals surface area contributed by atoms with Gasteiger partial charge in [0.25, 0.3) is 0 Å². The maximum atomic E-state index is 12.3. The molecule has 4 aromatic rings. The highest BCUT2D eigenvalue weighted by molar-refractivity contribution is 5.90. The third kappa shape index (κ3) is 4.95. The average Bonchev–Trinajstić information content (AvgIpc) is 2.88. The van der Waals surface area contributed by atoms with Gasteiger partial charge in [-0.3, -0.25) is 9.78 Å². The number of aromatic nitrogens is 5. The van der Waals surface area contributed by atoms with Gasteiger partial charge >= 0.3 is 0 Å². The molecule has 2 N–H and O–H groups in total. The Kier molecular flexibility index (Phi) is 6.33. The predicted octanol–water partition coefficient (Wildman–Crippen LogP) is 3.34. The van der Waals surface area contributed by atoms with Crippen LogP contribution in [0.15, 0.2) is 48.9 Å². The normalized spacial score (nSPS) is 14.0. The standard InChI is InChI=1S/C26H27N7O2/c1-16(2)22(34)11-17-4-3-5-18(10-17)19-12-21-23(28-13-19)25(33-6-8-35-9-7-33)32-24(31-21)20-14-29-26(27)30-15-20/h3-5,10,12-16H,6-9,11H2,1-2H3,(H2,27,29,30). The van der Waals surface area contributed by atoms with E-state index < -0.39 is 0 Å². The molecule has 0 bridgehead atoms. The number of anilines is 2. The first kappa shape index (κ1) is 22.8. The Balaban J connectivity index is 1.59. The Morgan fingerprint density at radius 3 is 2.49 bits per heavy atom. The fourth-order valence-corrected chi connectivity index (χ4v) is 4.01. The Morgan fingerprint density at radius 2 is 1.74 bits per heavy atom. The van der Waals surface area contributed by atoms with E-state index in [-0.39, 0.29) is 17.6 Å². The third-order valence-corrected chi connectivity index (χ3v) is 6.04. The second-order valence-corrected chi connectivity index (χ2v) is 8.89. The van der Waals surface area contributed by atoms with E-state index in [4.69, 9.17) is 25.4 Å². The molecule has 5 rings (SSSR count). The van der Waals surface area contributed by atoms with Crippen LogP contribution < -0.4 is 10.6 Å². The number of Topliss-reactive ketones (excluding diaryl/α,β-unsaturated/α-hetero) is 1. The lowest BCUT2D eigenvalue weighted by atomic mass is 9.98. The van der Waals surface area contributed by atoms with Gasteiger partial charge in [0.2, 0.25) is 5.95 Å². The molecule has 178 valence electrons. The van der Waals surface area contributed by atoms with Crippen molar-refractivity contribution in [1.82, 2.24) is 24.9 Å². The number of nitrogens with two attached hydrogens (primary N) is 1. The van der Waals surface area contributed by atoms with E-state index in [2.05, 4.69) is 14.9 Å². The van der Waals surface area contributed by atoms with Crippen molar-refractivity contribution >= 4 is 28.6 Å². The number of nitrogen functional groups attached to an aromatic ring is 1. The molecule has 0 amide bonds. The number of ether oxygens (including phenoxy) is 1. The molecule has 9 heteroatoms. The molecular formula is C26H27N7O2. The number of carbonyl (C=O) groups is 1. The molecule has 0 aliphatic carbocycles. The highest BCUT2D eigenvalue weighted by Gasteiger charge is 2.20. The van der Waals surface area contributed by atoms with Gasteiger partial charge in [-0.1, -0.05) is 38.1 Å². The average molecular weight is 470 g/mol. The zero-order valence-corrected chi connectivity index (χ0v) is 19.8. The summed E-state index contributed by atoms with van der Waals surface area (Å²) in [4.78, 5) is 37.0. The summed E-state index contributed by atoms with van der Waals surface area (Å²) in [6, 6.07) is 10.0. The zero-order chi connectivity index (χ0) is 24.4. The molecule has 1 aliphatic heterocycles. The summed E-state index contributed by atoms with van der Waals surface area (Å²) >= 11 is 0. The van der Waals surface area contributed by atoms with Crippen LogP contribution in [-0.4, -0.2) is 57.0 Å². The number of nitrogens with zero attached hydrogens (tertiary/aromatic N) is 6. The number of ketones is 1. The minimum Gasteiger partial charge on any atom is -0.378 e. The molecule has 0 radical (unpaired) electrons. The fraction of sp³-hybridized carbons (Fsp3) is 0.308. The van der Waals surface area contributed by atoms with E-state index in [9.17, 15) is 4.79 Å². The lowest BCUT2D eigenvalue weighted by molar-refractivity contribution is -0.121. The summed E-state index contributed by atoms with van der Waals surface area (Å²) in [5, 5.41) is 0.